The van der Waals surface area contributed by atoms with Gasteiger partial charge in [-0.15, -0.1) is 0 Å². The first-order valence-corrected chi connectivity index (χ1v) is 8.21. The number of nitrogens with zero attached hydrogens (tertiary/aromatic N) is 1. The summed E-state index contributed by atoms with van der Waals surface area (Å²) in [5.41, 5.74) is 3.45. The Labute approximate surface area is 142 Å². The van der Waals surface area contributed by atoms with E-state index in [0.717, 1.165) is 35.5 Å². The van der Waals surface area contributed by atoms with E-state index in [0.29, 0.717) is 18.8 Å². The number of rotatable bonds is 5. The highest BCUT2D eigenvalue weighted by Crippen LogP contribution is 2.26. The Kier molecular flexibility index (Phi) is 4.57. The number of nitrogens with one attached hydrogen (secondary N) is 3. The molecule has 1 aliphatic rings. The van der Waals surface area contributed by atoms with Crippen molar-refractivity contribution in [3.63, 3.8) is 0 Å². The minimum absolute atomic E-state index is 0.132. The third kappa shape index (κ3) is 3.28. The van der Waals surface area contributed by atoms with Crippen molar-refractivity contribution in [1.82, 2.24) is 20.8 Å². The van der Waals surface area contributed by atoms with Crippen molar-refractivity contribution in [3.8, 4) is 5.75 Å². The third-order valence-electron chi connectivity index (χ3n) is 4.56. The molecule has 0 saturated heterocycles. The Morgan fingerprint density at radius 2 is 2.25 bits per heavy atom. The van der Waals surface area contributed by atoms with Crippen LogP contribution in [0.1, 0.15) is 41.2 Å². The average Bonchev–Trinajstić information content (AvgIpc) is 3.04. The van der Waals surface area contributed by atoms with Crippen LogP contribution in [0.25, 0.3) is 0 Å². The van der Waals surface area contributed by atoms with Crippen molar-refractivity contribution in [1.29, 1.82) is 0 Å². The second-order valence-corrected chi connectivity index (χ2v) is 6.75. The molecule has 24 heavy (non-hydrogen) atoms. The number of benzene rings is 1. The zero-order valence-corrected chi connectivity index (χ0v) is 14.4. The summed E-state index contributed by atoms with van der Waals surface area (Å²) in [6.07, 6.45) is 0.880. The quantitative estimate of drug-likeness (QED) is 0.782. The minimum Gasteiger partial charge on any atom is -0.497 e. The fraction of sp³-hybridized carbons (Fsp3) is 0.444. The number of H-pyrrole nitrogens is 1. The molecule has 0 bridgehead atoms. The van der Waals surface area contributed by atoms with Gasteiger partial charge in [0.05, 0.1) is 7.11 Å². The fourth-order valence-electron chi connectivity index (χ4n) is 2.94. The molecule has 1 aromatic heterocycles. The third-order valence-corrected chi connectivity index (χ3v) is 4.56. The number of hydrogen-bond donors (Lipinski definition) is 3. The average molecular weight is 328 g/mol. The molecule has 1 aliphatic heterocycles. The summed E-state index contributed by atoms with van der Waals surface area (Å²) >= 11 is 0. The Hall–Kier alpha value is -2.34. The number of hydrogen-bond acceptors (Lipinski definition) is 4. The number of carbonyl (C=O) groups is 1. The van der Waals surface area contributed by atoms with Crippen molar-refractivity contribution >= 4 is 5.91 Å². The largest absolute Gasteiger partial charge is 0.497 e. The maximum atomic E-state index is 12.5. The fourth-order valence-corrected chi connectivity index (χ4v) is 2.94. The normalized spacial score (nSPS) is 14.1. The molecule has 0 fully saturated rings. The Morgan fingerprint density at radius 3 is 3.04 bits per heavy atom. The van der Waals surface area contributed by atoms with Crippen molar-refractivity contribution in [2.75, 3.05) is 20.2 Å². The highest BCUT2D eigenvalue weighted by molar-refractivity contribution is 5.94. The van der Waals surface area contributed by atoms with Gasteiger partial charge in [-0.2, -0.15) is 5.10 Å². The lowest BCUT2D eigenvalue weighted by molar-refractivity contribution is 0.0939. The van der Waals surface area contributed by atoms with Gasteiger partial charge in [0.1, 0.15) is 5.75 Å². The van der Waals surface area contributed by atoms with Gasteiger partial charge in [0, 0.05) is 42.7 Å². The number of amides is 1. The summed E-state index contributed by atoms with van der Waals surface area (Å²) in [5.74, 6) is 0.687. The summed E-state index contributed by atoms with van der Waals surface area (Å²) in [5, 5.41) is 13.5. The number of ether oxygens (including phenoxy) is 1. The summed E-state index contributed by atoms with van der Waals surface area (Å²) in [6, 6.07) is 7.94. The van der Waals surface area contributed by atoms with E-state index in [-0.39, 0.29) is 11.3 Å². The zero-order chi connectivity index (χ0) is 17.2. The number of aromatic amines is 1. The molecule has 6 nitrogen and oxygen atoms in total. The molecule has 128 valence electrons. The molecular formula is C18H24N4O2. The molecule has 0 saturated carbocycles. The maximum Gasteiger partial charge on any atom is 0.272 e. The summed E-state index contributed by atoms with van der Waals surface area (Å²) in [4.78, 5) is 12.5. The van der Waals surface area contributed by atoms with E-state index in [2.05, 4.69) is 40.7 Å². The second kappa shape index (κ2) is 6.65. The van der Waals surface area contributed by atoms with Gasteiger partial charge < -0.3 is 15.4 Å². The van der Waals surface area contributed by atoms with Crippen LogP contribution in [0, 0.1) is 0 Å². The van der Waals surface area contributed by atoms with Gasteiger partial charge in [0.2, 0.25) is 0 Å². The molecule has 0 radical (unpaired) electrons. The highest BCUT2D eigenvalue weighted by Gasteiger charge is 2.25. The van der Waals surface area contributed by atoms with E-state index >= 15 is 0 Å². The van der Waals surface area contributed by atoms with Gasteiger partial charge >= 0.3 is 0 Å². The van der Waals surface area contributed by atoms with Gasteiger partial charge in [0.25, 0.3) is 5.91 Å². The van der Waals surface area contributed by atoms with E-state index in [9.17, 15) is 4.79 Å². The van der Waals surface area contributed by atoms with Crippen LogP contribution in [0.5, 0.6) is 5.75 Å². The first-order valence-electron chi connectivity index (χ1n) is 8.21. The van der Waals surface area contributed by atoms with Gasteiger partial charge in [-0.05, 0) is 17.7 Å². The second-order valence-electron chi connectivity index (χ2n) is 6.75. The van der Waals surface area contributed by atoms with Crippen molar-refractivity contribution in [2.24, 2.45) is 0 Å². The van der Waals surface area contributed by atoms with E-state index in [4.69, 9.17) is 4.74 Å². The molecule has 3 rings (SSSR count). The summed E-state index contributed by atoms with van der Waals surface area (Å²) in [6.45, 7) is 6.33. The molecule has 0 atom stereocenters. The van der Waals surface area contributed by atoms with Gasteiger partial charge in [0.15, 0.2) is 5.69 Å². The predicted octanol–water partition coefficient (Wildman–Crippen LogP) is 1.77. The first-order chi connectivity index (χ1) is 11.5. The van der Waals surface area contributed by atoms with Crippen LogP contribution in [-0.4, -0.2) is 36.3 Å². The van der Waals surface area contributed by atoms with Crippen molar-refractivity contribution in [3.05, 3.63) is 46.8 Å². The van der Waals surface area contributed by atoms with Crippen LogP contribution in [0.15, 0.2) is 24.3 Å². The minimum atomic E-state index is -0.210. The summed E-state index contributed by atoms with van der Waals surface area (Å²) < 4.78 is 5.29. The predicted molar refractivity (Wildman–Crippen MR) is 92.4 cm³/mol. The Morgan fingerprint density at radius 1 is 1.42 bits per heavy atom. The first kappa shape index (κ1) is 16.5. The number of methoxy groups -OCH3 is 1. The van der Waals surface area contributed by atoms with E-state index < -0.39 is 0 Å². The van der Waals surface area contributed by atoms with E-state index in [1.165, 1.54) is 0 Å². The topological polar surface area (TPSA) is 79.0 Å². The lowest BCUT2D eigenvalue weighted by Crippen LogP contribution is -2.37. The molecule has 0 unspecified atom stereocenters. The Balaban J connectivity index is 1.70. The lowest BCUT2D eigenvalue weighted by Gasteiger charge is -2.26. The van der Waals surface area contributed by atoms with E-state index in [1.807, 2.05) is 18.2 Å². The molecule has 1 aromatic carbocycles. The monoisotopic (exact) mass is 328 g/mol. The lowest BCUT2D eigenvalue weighted by atomic mass is 9.84. The smallest absolute Gasteiger partial charge is 0.272 e. The zero-order valence-electron chi connectivity index (χ0n) is 14.4. The van der Waals surface area contributed by atoms with Crippen LogP contribution in [0.4, 0.5) is 0 Å². The van der Waals surface area contributed by atoms with Crippen molar-refractivity contribution in [2.45, 2.75) is 32.2 Å². The molecule has 1 amide bonds. The molecule has 2 heterocycles. The van der Waals surface area contributed by atoms with Crippen LogP contribution < -0.4 is 15.4 Å². The van der Waals surface area contributed by atoms with Crippen LogP contribution >= 0.6 is 0 Å². The molecule has 0 aliphatic carbocycles. The standard InChI is InChI=1S/C18H24N4O2/c1-18(2,12-5-4-6-13(9-12)24-3)11-20-17(23)16-14-10-19-8-7-15(14)21-22-16/h4-6,9,19H,7-8,10-11H2,1-3H3,(H,20,23)(H,21,22). The van der Waals surface area contributed by atoms with Gasteiger partial charge in [-0.3, -0.25) is 9.89 Å². The van der Waals surface area contributed by atoms with E-state index in [1.54, 1.807) is 7.11 Å². The van der Waals surface area contributed by atoms with Gasteiger partial charge in [-0.1, -0.05) is 26.0 Å². The number of carbonyl (C=O) groups excluding carboxylic acids is 1. The maximum absolute atomic E-state index is 12.5. The van der Waals surface area contributed by atoms with Crippen LogP contribution in [0.3, 0.4) is 0 Å². The highest BCUT2D eigenvalue weighted by atomic mass is 16.5. The summed E-state index contributed by atoms with van der Waals surface area (Å²) in [7, 11) is 1.66. The Bertz CT molecular complexity index is 736. The SMILES string of the molecule is COc1cccc(C(C)(C)CNC(=O)c2n[nH]c3c2CNCC3)c1. The molecule has 2 aromatic rings. The molecule has 3 N–H and O–H groups in total. The number of aromatic nitrogens is 2. The molecular weight excluding hydrogens is 304 g/mol. The van der Waals surface area contributed by atoms with Crippen LogP contribution in [0.2, 0.25) is 0 Å². The molecule has 0 spiro atoms. The number of fused-ring (bicyclic) bond motifs is 1. The van der Waals surface area contributed by atoms with Crippen molar-refractivity contribution < 1.29 is 9.53 Å². The van der Waals surface area contributed by atoms with Crippen LogP contribution in [-0.2, 0) is 18.4 Å². The van der Waals surface area contributed by atoms with Gasteiger partial charge in [-0.25, -0.2) is 0 Å². The molecule has 6 heteroatoms.